The van der Waals surface area contributed by atoms with Gasteiger partial charge in [0.15, 0.2) is 5.69 Å². The van der Waals surface area contributed by atoms with Crippen molar-refractivity contribution in [2.75, 3.05) is 18.2 Å². The maximum Gasteiger partial charge on any atom is 0.364 e. The van der Waals surface area contributed by atoms with Crippen molar-refractivity contribution in [1.29, 1.82) is 0 Å². The molecule has 0 N–H and O–H groups in total. The highest BCUT2D eigenvalue weighted by atomic mass is 32.2. The molecular formula is C21H18N4O5S3. The zero-order valence-corrected chi connectivity index (χ0v) is 20.2. The minimum atomic E-state index is -5.01. The van der Waals surface area contributed by atoms with Crippen LogP contribution in [0.1, 0.15) is 11.4 Å². The van der Waals surface area contributed by atoms with Crippen LogP contribution in [0.15, 0.2) is 68.5 Å². The standard InChI is InChI=1S/C21H18N4O5S3/c1-13-9-14(22-21(31-3)24(13)15-7-5-4-6-8-15)10-20-23(2)16-12-19(33(28,29)30)17(25(26)27)11-18(16)32-20/h4-12H,1-3H3. The topological polar surface area (TPSA) is 120 Å². The van der Waals surface area contributed by atoms with Crippen molar-refractivity contribution in [2.45, 2.75) is 21.9 Å². The summed E-state index contributed by atoms with van der Waals surface area (Å²) in [6, 6.07) is 14.0. The van der Waals surface area contributed by atoms with Gasteiger partial charge in [-0.3, -0.25) is 10.1 Å². The molecule has 0 saturated heterocycles. The van der Waals surface area contributed by atoms with Crippen LogP contribution in [0.5, 0.6) is 0 Å². The lowest BCUT2D eigenvalue weighted by Crippen LogP contribution is -2.38. The van der Waals surface area contributed by atoms with Crippen LogP contribution in [0.2, 0.25) is 0 Å². The van der Waals surface area contributed by atoms with E-state index in [0.29, 0.717) is 21.3 Å². The fraction of sp³-hybridized carbons (Fsp3) is 0.143. The third-order valence-corrected chi connectivity index (χ3v) is 7.66. The van der Waals surface area contributed by atoms with Gasteiger partial charge in [0, 0.05) is 30.2 Å². The lowest BCUT2D eigenvalue weighted by atomic mass is 10.2. The number of nitro groups is 1. The quantitative estimate of drug-likeness (QED) is 0.128. The molecule has 1 aliphatic heterocycles. The third kappa shape index (κ3) is 4.47. The lowest BCUT2D eigenvalue weighted by Gasteiger charge is -2.15. The molecule has 0 aliphatic carbocycles. The molecule has 0 unspecified atom stereocenters. The first kappa shape index (κ1) is 23.2. The predicted octanol–water partition coefficient (Wildman–Crippen LogP) is 3.74. The van der Waals surface area contributed by atoms with Crippen LogP contribution in [0, 0.1) is 17.0 Å². The van der Waals surface area contributed by atoms with Gasteiger partial charge in [-0.05, 0) is 48.1 Å². The number of nitro benzene ring substituents is 1. The number of aromatic nitrogens is 2. The second kappa shape index (κ2) is 8.78. The number of para-hydroxylation sites is 1. The van der Waals surface area contributed by atoms with Gasteiger partial charge in [-0.1, -0.05) is 30.0 Å². The molecule has 0 spiro atoms. The zero-order chi connectivity index (χ0) is 23.9. The monoisotopic (exact) mass is 502 g/mol. The van der Waals surface area contributed by atoms with Crippen molar-refractivity contribution in [3.63, 3.8) is 0 Å². The maximum atomic E-state index is 11.6. The highest BCUT2D eigenvalue weighted by Crippen LogP contribution is 2.48. The summed E-state index contributed by atoms with van der Waals surface area (Å²) < 4.78 is 36.8. The Balaban J connectivity index is 1.77. The average molecular weight is 503 g/mol. The second-order valence-electron chi connectivity index (χ2n) is 7.12. The Morgan fingerprint density at radius 3 is 2.52 bits per heavy atom. The second-order valence-corrected chi connectivity index (χ2v) is 10.3. The molecule has 0 saturated carbocycles. The van der Waals surface area contributed by atoms with Gasteiger partial charge < -0.3 is 9.45 Å². The number of aryl methyl sites for hydroxylation is 1. The summed E-state index contributed by atoms with van der Waals surface area (Å²) in [6.07, 6.45) is 3.76. The molecule has 1 aromatic heterocycles. The minimum absolute atomic E-state index is 0.406. The van der Waals surface area contributed by atoms with Gasteiger partial charge >= 0.3 is 5.16 Å². The number of thioether (sulfide) groups is 2. The van der Waals surface area contributed by atoms with Gasteiger partial charge in [-0.2, -0.15) is 4.57 Å². The molecule has 12 heteroatoms. The molecular weight excluding hydrogens is 484 g/mol. The SMILES string of the molecule is CSc1nc(/C=C2\Sc3cc([N+](=O)[O-])c(S(=O)(=O)[O-])cc3N2C)cc(C)[n+]1-c1ccccc1. The van der Waals surface area contributed by atoms with Gasteiger partial charge in [-0.25, -0.2) is 8.42 Å². The highest BCUT2D eigenvalue weighted by Gasteiger charge is 2.30. The van der Waals surface area contributed by atoms with Crippen molar-refractivity contribution in [1.82, 2.24) is 4.98 Å². The summed E-state index contributed by atoms with van der Waals surface area (Å²) in [5.74, 6) is 0. The summed E-state index contributed by atoms with van der Waals surface area (Å²) in [5, 5.41) is 12.8. The first-order valence-corrected chi connectivity index (χ1v) is 13.0. The Morgan fingerprint density at radius 1 is 1.21 bits per heavy atom. The normalized spacial score (nSPS) is 14.5. The Morgan fingerprint density at radius 2 is 1.91 bits per heavy atom. The van der Waals surface area contributed by atoms with Gasteiger partial charge in [0.25, 0.3) is 5.69 Å². The van der Waals surface area contributed by atoms with Gasteiger partial charge in [0.2, 0.25) is 0 Å². The fourth-order valence-corrected chi connectivity index (χ4v) is 5.89. The zero-order valence-electron chi connectivity index (χ0n) is 17.8. The van der Waals surface area contributed by atoms with Gasteiger partial charge in [0.05, 0.1) is 15.6 Å². The highest BCUT2D eigenvalue weighted by molar-refractivity contribution is 8.04. The first-order valence-electron chi connectivity index (χ1n) is 9.55. The molecule has 2 heterocycles. The van der Waals surface area contributed by atoms with Crippen molar-refractivity contribution >= 4 is 51.1 Å². The maximum absolute atomic E-state index is 11.6. The third-order valence-electron chi connectivity index (χ3n) is 5.01. The molecule has 0 atom stereocenters. The van der Waals surface area contributed by atoms with E-state index in [1.54, 1.807) is 11.9 Å². The summed E-state index contributed by atoms with van der Waals surface area (Å²) in [7, 11) is -3.31. The smallest absolute Gasteiger partial charge is 0.364 e. The van der Waals surface area contributed by atoms with Crippen LogP contribution in [0.4, 0.5) is 11.4 Å². The Hall–Kier alpha value is -2.93. The number of fused-ring (bicyclic) bond motifs is 1. The Kier molecular flexibility index (Phi) is 6.18. The largest absolute Gasteiger partial charge is 0.744 e. The first-order chi connectivity index (χ1) is 15.6. The van der Waals surface area contributed by atoms with Crippen molar-refractivity contribution in [3.05, 3.63) is 75.1 Å². The van der Waals surface area contributed by atoms with E-state index in [1.807, 2.05) is 60.2 Å². The van der Waals surface area contributed by atoms with Crippen LogP contribution >= 0.6 is 23.5 Å². The van der Waals surface area contributed by atoms with Crippen LogP contribution < -0.4 is 9.47 Å². The van der Waals surface area contributed by atoms with Crippen molar-refractivity contribution in [3.8, 4) is 5.69 Å². The number of hydrogen-bond donors (Lipinski definition) is 0. The molecule has 170 valence electrons. The van der Waals surface area contributed by atoms with Gasteiger partial charge in [-0.15, -0.1) is 0 Å². The van der Waals surface area contributed by atoms with Crippen LogP contribution in [0.3, 0.4) is 0 Å². The summed E-state index contributed by atoms with van der Waals surface area (Å²) >= 11 is 2.74. The fourth-order valence-electron chi connectivity index (χ4n) is 3.50. The molecule has 0 fully saturated rings. The molecule has 0 amide bonds. The van der Waals surface area contributed by atoms with Crippen molar-refractivity contribution < 1.29 is 22.5 Å². The summed E-state index contributed by atoms with van der Waals surface area (Å²) in [4.78, 5) is 16.5. The van der Waals surface area contributed by atoms with Gasteiger partial charge in [0.1, 0.15) is 26.4 Å². The summed E-state index contributed by atoms with van der Waals surface area (Å²) in [5.41, 5.74) is 2.31. The molecule has 2 aromatic carbocycles. The van der Waals surface area contributed by atoms with E-state index >= 15 is 0 Å². The molecule has 4 rings (SSSR count). The van der Waals surface area contributed by atoms with E-state index in [4.69, 9.17) is 4.98 Å². The van der Waals surface area contributed by atoms with E-state index in [-0.39, 0.29) is 0 Å². The minimum Gasteiger partial charge on any atom is -0.744 e. The van der Waals surface area contributed by atoms with Crippen LogP contribution in [-0.2, 0) is 10.1 Å². The number of hydrogen-bond acceptors (Lipinski definition) is 9. The van der Waals surface area contributed by atoms with Crippen LogP contribution in [-0.4, -0.2) is 36.2 Å². The Labute approximate surface area is 199 Å². The van der Waals surface area contributed by atoms with E-state index in [9.17, 15) is 23.1 Å². The average Bonchev–Trinajstić information content (AvgIpc) is 3.07. The van der Waals surface area contributed by atoms with E-state index < -0.39 is 25.6 Å². The number of nitrogens with zero attached hydrogens (tertiary/aromatic N) is 4. The Bertz CT molecular complexity index is 1410. The molecule has 0 bridgehead atoms. The molecule has 0 radical (unpaired) electrons. The number of benzene rings is 2. The molecule has 3 aromatic rings. The molecule has 33 heavy (non-hydrogen) atoms. The number of anilines is 1. The summed E-state index contributed by atoms with van der Waals surface area (Å²) in [6.45, 7) is 1.98. The van der Waals surface area contributed by atoms with E-state index in [2.05, 4.69) is 0 Å². The van der Waals surface area contributed by atoms with Crippen molar-refractivity contribution in [2.24, 2.45) is 0 Å². The molecule has 1 aliphatic rings. The predicted molar refractivity (Wildman–Crippen MR) is 126 cm³/mol. The number of rotatable bonds is 5. The van der Waals surface area contributed by atoms with E-state index in [1.165, 1.54) is 23.5 Å². The van der Waals surface area contributed by atoms with E-state index in [0.717, 1.165) is 28.7 Å². The molecule has 9 nitrogen and oxygen atoms in total. The lowest BCUT2D eigenvalue weighted by molar-refractivity contribution is -0.647. The van der Waals surface area contributed by atoms with Crippen LogP contribution in [0.25, 0.3) is 11.8 Å².